The van der Waals surface area contributed by atoms with Gasteiger partial charge in [0, 0.05) is 0 Å². The fourth-order valence-corrected chi connectivity index (χ4v) is 5.48. The van der Waals surface area contributed by atoms with Crippen LogP contribution in [0.4, 0.5) is 0 Å². The van der Waals surface area contributed by atoms with E-state index in [1.165, 1.54) is 77.5 Å². The van der Waals surface area contributed by atoms with Crippen LogP contribution in [0.1, 0.15) is 88.8 Å². The molecule has 1 atom stereocenters. The zero-order valence-corrected chi connectivity index (χ0v) is 31.5. The summed E-state index contributed by atoms with van der Waals surface area (Å²) in [6, 6.07) is 36.0. The second-order valence-corrected chi connectivity index (χ2v) is 15.3. The minimum Gasteiger partial charge on any atom is -0.147 e. The first-order valence-electron chi connectivity index (χ1n) is 15.0. The van der Waals surface area contributed by atoms with Crippen LogP contribution in [0.3, 0.4) is 0 Å². The molecule has 4 aromatic rings. The molecule has 1 unspecified atom stereocenters. The number of hydrogen-bond acceptors (Lipinski definition) is 0. The van der Waals surface area contributed by atoms with Crippen LogP contribution in [0, 0.1) is 18.1 Å². The number of rotatable bonds is 2. The Balaban J connectivity index is 0.000000250. The van der Waals surface area contributed by atoms with E-state index in [4.69, 9.17) is 0 Å². The molecule has 0 N–H and O–H groups in total. The Morgan fingerprint density at radius 2 is 1.32 bits per heavy atom. The van der Waals surface area contributed by atoms with Gasteiger partial charge in [-0.25, -0.2) is 6.08 Å². The van der Waals surface area contributed by atoms with Gasteiger partial charge in [-0.2, -0.15) is 41.0 Å². The van der Waals surface area contributed by atoms with Crippen molar-refractivity contribution in [3.63, 3.8) is 0 Å². The van der Waals surface area contributed by atoms with E-state index in [0.29, 0.717) is 5.92 Å². The molecule has 0 aliphatic heterocycles. The molecule has 0 saturated carbocycles. The van der Waals surface area contributed by atoms with Crippen molar-refractivity contribution >= 4 is 33.6 Å². The molecule has 0 fully saturated rings. The van der Waals surface area contributed by atoms with E-state index in [1.54, 1.807) is 0 Å². The van der Waals surface area contributed by atoms with Crippen LogP contribution in [0.2, 0.25) is 0 Å². The van der Waals surface area contributed by atoms with Gasteiger partial charge >= 0.3 is 70.3 Å². The molecular formula is C41H46Cl2Zr. The number of allylic oxidation sites excluding steroid dienone is 4. The number of benzene rings is 4. The Bertz CT molecular complexity index is 1520. The predicted octanol–water partition coefficient (Wildman–Crippen LogP) is 11.3. The second-order valence-electron chi connectivity index (χ2n) is 13.4. The maximum atomic E-state index is 3.53. The van der Waals surface area contributed by atoms with E-state index in [9.17, 15) is 0 Å². The maximum Gasteiger partial charge on any atom is -0.147 e. The van der Waals surface area contributed by atoms with Crippen molar-refractivity contribution in [1.29, 1.82) is 0 Å². The van der Waals surface area contributed by atoms with E-state index < -0.39 is 0 Å². The summed E-state index contributed by atoms with van der Waals surface area (Å²) in [4.78, 5) is 0. The van der Waals surface area contributed by atoms with Crippen LogP contribution >= 0.6 is 24.8 Å². The van der Waals surface area contributed by atoms with Gasteiger partial charge in [0.1, 0.15) is 0 Å². The average Bonchev–Trinajstić information content (AvgIpc) is 3.56. The van der Waals surface area contributed by atoms with Crippen molar-refractivity contribution in [1.82, 2.24) is 0 Å². The summed E-state index contributed by atoms with van der Waals surface area (Å²) in [5.74, 6) is 0.472. The smallest absolute Gasteiger partial charge is 0.147 e. The van der Waals surface area contributed by atoms with Gasteiger partial charge in [-0.15, -0.1) is 35.9 Å². The average molecular weight is 701 g/mol. The van der Waals surface area contributed by atoms with Gasteiger partial charge in [-0.05, 0) is 17.4 Å². The number of halogens is 2. The fraction of sp³-hybridized carbons (Fsp3) is 0.293. The Morgan fingerprint density at radius 3 is 1.82 bits per heavy atom. The predicted molar refractivity (Wildman–Crippen MR) is 193 cm³/mol. The van der Waals surface area contributed by atoms with Gasteiger partial charge in [-0.1, -0.05) is 119 Å². The number of fused-ring (bicyclic) bond motifs is 3. The summed E-state index contributed by atoms with van der Waals surface area (Å²) < 4.78 is 1.46. The normalized spacial score (nSPS) is 14.3. The first kappa shape index (κ1) is 37.9. The largest absolute Gasteiger partial charge is 0.147 e. The van der Waals surface area contributed by atoms with E-state index in [2.05, 4.69) is 159 Å². The van der Waals surface area contributed by atoms with E-state index in [0.717, 1.165) is 6.42 Å². The zero-order valence-electron chi connectivity index (χ0n) is 27.4. The third-order valence-corrected chi connectivity index (χ3v) is 8.48. The quantitative estimate of drug-likeness (QED) is 0.161. The van der Waals surface area contributed by atoms with Gasteiger partial charge in [0.25, 0.3) is 0 Å². The molecule has 44 heavy (non-hydrogen) atoms. The SMILES string of the molecule is CC(C)(C)c1c[c-]c2c(c1)-c1cc(C(C)(C)C)ccc1C2.CC1[C-]=CC(c2ccccc2)=C1.C[C](=[Zr+2])c1ccccc1.Cl.Cl. The Morgan fingerprint density at radius 1 is 0.750 bits per heavy atom. The van der Waals surface area contributed by atoms with Crippen molar-refractivity contribution in [2.24, 2.45) is 5.92 Å². The van der Waals surface area contributed by atoms with Crippen LogP contribution in [0.25, 0.3) is 16.7 Å². The molecule has 0 heterocycles. The van der Waals surface area contributed by atoms with Crippen LogP contribution in [-0.2, 0) is 41.5 Å². The molecule has 228 valence electrons. The van der Waals surface area contributed by atoms with Crippen molar-refractivity contribution < 1.29 is 24.2 Å². The molecular weight excluding hydrogens is 655 g/mol. The van der Waals surface area contributed by atoms with E-state index in [1.807, 2.05) is 12.1 Å². The summed E-state index contributed by atoms with van der Waals surface area (Å²) in [7, 11) is 0. The standard InChI is InChI=1S/C21H25.C12H11.C8H8.2ClH.Zr/c1-20(2,3)16-9-7-14-11-15-8-10-17(21(4,5)6)13-19(15)18(14)12-16;1-10-7-8-12(9-10)11-5-3-2-4-6-11;1-2-8-6-4-3-5-7-8;;;/h7,9-10,12-13H,11H2,1-6H3;2-6,8-10H,1H3;3-7H,1H3;2*1H;/q2*-1;;;;+2. The summed E-state index contributed by atoms with van der Waals surface area (Å²) >= 11 is 1.51. The van der Waals surface area contributed by atoms with Crippen molar-refractivity contribution in [3.05, 3.63) is 149 Å². The summed E-state index contributed by atoms with van der Waals surface area (Å²) in [5.41, 5.74) is 12.7. The van der Waals surface area contributed by atoms with Gasteiger partial charge < -0.3 is 0 Å². The van der Waals surface area contributed by atoms with Gasteiger partial charge in [0.2, 0.25) is 0 Å². The Hall–Kier alpha value is -2.31. The molecule has 0 bridgehead atoms. The van der Waals surface area contributed by atoms with Crippen LogP contribution in [-0.4, -0.2) is 3.21 Å². The molecule has 3 heteroatoms. The molecule has 0 aromatic heterocycles. The van der Waals surface area contributed by atoms with Gasteiger partial charge in [-0.3, -0.25) is 6.08 Å². The van der Waals surface area contributed by atoms with Crippen molar-refractivity contribution in [2.45, 2.75) is 72.6 Å². The molecule has 0 nitrogen and oxygen atoms in total. The third kappa shape index (κ3) is 10.1. The van der Waals surface area contributed by atoms with Crippen LogP contribution < -0.4 is 0 Å². The Kier molecular flexibility index (Phi) is 14.0. The summed E-state index contributed by atoms with van der Waals surface area (Å²) in [5, 5.41) is 0. The van der Waals surface area contributed by atoms with Crippen LogP contribution in [0.15, 0.2) is 103 Å². The van der Waals surface area contributed by atoms with Gasteiger partial charge in [0.05, 0.1) is 0 Å². The molecule has 0 spiro atoms. The minimum atomic E-state index is 0. The fourth-order valence-electron chi connectivity index (χ4n) is 5.07. The molecule has 2 aliphatic rings. The third-order valence-electron chi connectivity index (χ3n) is 7.77. The first-order valence-corrected chi connectivity index (χ1v) is 16.2. The van der Waals surface area contributed by atoms with Crippen molar-refractivity contribution in [3.8, 4) is 11.1 Å². The molecule has 0 saturated heterocycles. The topological polar surface area (TPSA) is 0 Å². The van der Waals surface area contributed by atoms with E-state index >= 15 is 0 Å². The molecule has 6 rings (SSSR count). The van der Waals surface area contributed by atoms with E-state index in [-0.39, 0.29) is 35.6 Å². The van der Waals surface area contributed by atoms with Crippen molar-refractivity contribution in [2.75, 3.05) is 0 Å². The van der Waals surface area contributed by atoms with Crippen LogP contribution in [0.5, 0.6) is 0 Å². The summed E-state index contributed by atoms with van der Waals surface area (Å²) in [6.45, 7) is 17.9. The zero-order chi connectivity index (χ0) is 30.5. The Labute approximate surface area is 294 Å². The minimum absolute atomic E-state index is 0. The molecule has 4 aromatic carbocycles. The van der Waals surface area contributed by atoms with Gasteiger partial charge in [0.15, 0.2) is 0 Å². The first-order chi connectivity index (χ1) is 19.8. The molecule has 0 amide bonds. The molecule has 2 aliphatic carbocycles. The monoisotopic (exact) mass is 698 g/mol. The maximum absolute atomic E-state index is 3.53. The summed E-state index contributed by atoms with van der Waals surface area (Å²) in [6.07, 6.45) is 8.58. The second kappa shape index (κ2) is 16.3. The number of hydrogen-bond donors (Lipinski definition) is 0. The molecule has 0 radical (unpaired) electrons.